The molecule has 0 saturated carbocycles. The van der Waals surface area contributed by atoms with Crippen molar-refractivity contribution in [3.05, 3.63) is 107 Å². The summed E-state index contributed by atoms with van der Waals surface area (Å²) in [7, 11) is 0. The Labute approximate surface area is 166 Å². The highest BCUT2D eigenvalue weighted by molar-refractivity contribution is 8.00. The number of halogens is 3. The number of benzene rings is 3. The summed E-state index contributed by atoms with van der Waals surface area (Å²) in [6.07, 6.45) is -0.185. The fraction of sp³-hybridized carbons (Fsp3) is 0.167. The topological polar surface area (TPSA) is 0 Å². The molecule has 140 valence electrons. The number of fused-ring (bicyclic) bond motifs is 5. The van der Waals surface area contributed by atoms with E-state index in [4.69, 9.17) is 0 Å². The maximum absolute atomic E-state index is 13.4. The molecule has 5 rings (SSSR count). The molecule has 28 heavy (non-hydrogen) atoms. The van der Waals surface area contributed by atoms with Crippen LogP contribution in [0.2, 0.25) is 0 Å². The monoisotopic (exact) mass is 394 g/mol. The van der Waals surface area contributed by atoms with E-state index >= 15 is 0 Å². The van der Waals surface area contributed by atoms with Crippen LogP contribution in [0.4, 0.5) is 13.2 Å². The zero-order valence-corrected chi connectivity index (χ0v) is 15.7. The molecule has 0 saturated heterocycles. The second-order valence-corrected chi connectivity index (χ2v) is 8.43. The predicted molar refractivity (Wildman–Crippen MR) is 108 cm³/mol. The average Bonchev–Trinajstić information content (AvgIpc) is 2.99. The zero-order valence-electron chi connectivity index (χ0n) is 14.9. The fourth-order valence-electron chi connectivity index (χ4n) is 4.57. The van der Waals surface area contributed by atoms with Gasteiger partial charge in [0, 0.05) is 11.7 Å². The van der Waals surface area contributed by atoms with Gasteiger partial charge in [-0.25, -0.2) is 0 Å². The molecule has 1 atom stereocenters. The van der Waals surface area contributed by atoms with Gasteiger partial charge in [-0.1, -0.05) is 78.9 Å². The maximum atomic E-state index is 13.4. The van der Waals surface area contributed by atoms with Gasteiger partial charge in [0.1, 0.15) is 0 Å². The van der Waals surface area contributed by atoms with E-state index in [2.05, 4.69) is 36.4 Å². The van der Waals surface area contributed by atoms with Crippen LogP contribution in [-0.4, -0.2) is 5.75 Å². The van der Waals surface area contributed by atoms with E-state index in [1.807, 2.05) is 30.3 Å². The first-order valence-corrected chi connectivity index (χ1v) is 10.2. The molecular weight excluding hydrogens is 377 g/mol. The van der Waals surface area contributed by atoms with Crippen LogP contribution in [0, 0.1) is 0 Å². The first-order chi connectivity index (χ1) is 13.5. The second kappa shape index (κ2) is 6.28. The lowest BCUT2D eigenvalue weighted by molar-refractivity contribution is -0.137. The van der Waals surface area contributed by atoms with Gasteiger partial charge in [-0.15, -0.1) is 11.8 Å². The second-order valence-electron chi connectivity index (χ2n) is 7.17. The Morgan fingerprint density at radius 2 is 1.46 bits per heavy atom. The van der Waals surface area contributed by atoms with Crippen LogP contribution < -0.4 is 0 Å². The van der Waals surface area contributed by atoms with E-state index in [1.165, 1.54) is 34.4 Å². The summed E-state index contributed by atoms with van der Waals surface area (Å²) in [6.45, 7) is 0. The number of thioether (sulfide) groups is 1. The molecular formula is C24H17F3S. The third-order valence-corrected chi connectivity index (χ3v) is 7.20. The Bertz CT molecular complexity index is 1040. The van der Waals surface area contributed by atoms with Crippen molar-refractivity contribution >= 4 is 11.8 Å². The van der Waals surface area contributed by atoms with E-state index < -0.39 is 16.5 Å². The molecule has 0 aromatic heterocycles. The smallest absolute Gasteiger partial charge is 0.166 e. The highest BCUT2D eigenvalue weighted by Crippen LogP contribution is 2.62. The van der Waals surface area contributed by atoms with Gasteiger partial charge in [0.2, 0.25) is 0 Å². The molecule has 0 nitrogen and oxygen atoms in total. The number of allylic oxidation sites excluding steroid dienone is 1. The summed E-state index contributed by atoms with van der Waals surface area (Å²) in [5.74, 6) is 0.663. The van der Waals surface area contributed by atoms with Gasteiger partial charge in [-0.2, -0.15) is 13.2 Å². The van der Waals surface area contributed by atoms with Crippen molar-refractivity contribution in [3.63, 3.8) is 0 Å². The first kappa shape index (κ1) is 17.6. The number of hydrogen-bond acceptors (Lipinski definition) is 1. The van der Waals surface area contributed by atoms with Crippen LogP contribution in [-0.2, 0) is 10.9 Å². The molecule has 1 unspecified atom stereocenters. The van der Waals surface area contributed by atoms with Crippen LogP contribution in [0.1, 0.15) is 28.2 Å². The van der Waals surface area contributed by atoms with Gasteiger partial charge in [0.05, 0.1) is 10.3 Å². The molecule has 4 heteroatoms. The van der Waals surface area contributed by atoms with Crippen molar-refractivity contribution in [3.8, 4) is 11.1 Å². The minimum Gasteiger partial charge on any atom is -0.166 e. The fourth-order valence-corrected chi connectivity index (χ4v) is 6.10. The summed E-state index contributed by atoms with van der Waals surface area (Å²) in [6, 6.07) is 22.4. The quantitative estimate of drug-likeness (QED) is 0.400. The van der Waals surface area contributed by atoms with E-state index in [0.717, 1.165) is 11.8 Å². The summed E-state index contributed by atoms with van der Waals surface area (Å²) < 4.78 is 39.7. The lowest BCUT2D eigenvalue weighted by atomic mass is 9.78. The SMILES string of the molecule is FC(F)(F)c1cccc(C2C=CCSC23c2ccccc2-c2ccccc23)c1. The van der Waals surface area contributed by atoms with Crippen LogP contribution in [0.15, 0.2) is 84.9 Å². The average molecular weight is 394 g/mol. The van der Waals surface area contributed by atoms with Gasteiger partial charge in [-0.3, -0.25) is 0 Å². The standard InChI is InChI=1S/C24H17F3S/c25-24(26,27)17-8-5-7-16(15-17)20-13-6-14-28-23(20)21-11-3-1-9-18(21)19-10-2-4-12-22(19)23/h1-13,15,20H,14H2. The van der Waals surface area contributed by atoms with Gasteiger partial charge in [-0.05, 0) is 33.9 Å². The largest absolute Gasteiger partial charge is 0.416 e. The van der Waals surface area contributed by atoms with Gasteiger partial charge >= 0.3 is 6.18 Å². The van der Waals surface area contributed by atoms with Crippen molar-refractivity contribution in [1.82, 2.24) is 0 Å². The molecule has 1 heterocycles. The first-order valence-electron chi connectivity index (χ1n) is 9.19. The molecule has 0 bridgehead atoms. The molecule has 3 aromatic rings. The van der Waals surface area contributed by atoms with E-state index in [1.54, 1.807) is 11.8 Å². The molecule has 0 fully saturated rings. The van der Waals surface area contributed by atoms with Gasteiger partial charge in [0.25, 0.3) is 0 Å². The maximum Gasteiger partial charge on any atom is 0.416 e. The normalized spacial score (nSPS) is 19.5. The van der Waals surface area contributed by atoms with Crippen molar-refractivity contribution in [2.24, 2.45) is 0 Å². The summed E-state index contributed by atoms with van der Waals surface area (Å²) in [5.41, 5.74) is 4.84. The van der Waals surface area contributed by atoms with E-state index in [9.17, 15) is 13.2 Å². The number of rotatable bonds is 1. The Hall–Kier alpha value is -2.46. The molecule has 1 spiro atoms. The molecule has 1 aliphatic heterocycles. The minimum atomic E-state index is -4.35. The molecule has 2 aliphatic rings. The summed E-state index contributed by atoms with van der Waals surface area (Å²) in [4.78, 5) is 0. The highest BCUT2D eigenvalue weighted by atomic mass is 32.2. The molecule has 3 aromatic carbocycles. The van der Waals surface area contributed by atoms with Crippen LogP contribution in [0.3, 0.4) is 0 Å². The molecule has 1 aliphatic carbocycles. The Morgan fingerprint density at radius 1 is 0.821 bits per heavy atom. The summed E-state index contributed by atoms with van der Waals surface area (Å²) >= 11 is 1.81. The highest BCUT2D eigenvalue weighted by Gasteiger charge is 2.50. The van der Waals surface area contributed by atoms with Crippen LogP contribution in [0.5, 0.6) is 0 Å². The third kappa shape index (κ3) is 2.47. The zero-order chi connectivity index (χ0) is 19.4. The molecule has 0 radical (unpaired) electrons. The van der Waals surface area contributed by atoms with Crippen LogP contribution in [0.25, 0.3) is 11.1 Å². The predicted octanol–water partition coefficient (Wildman–Crippen LogP) is 7.02. The van der Waals surface area contributed by atoms with Crippen molar-refractivity contribution in [2.75, 3.05) is 5.75 Å². The van der Waals surface area contributed by atoms with Crippen molar-refractivity contribution in [1.29, 1.82) is 0 Å². The van der Waals surface area contributed by atoms with E-state index in [0.29, 0.717) is 5.56 Å². The lowest BCUT2D eigenvalue weighted by Gasteiger charge is -2.40. The van der Waals surface area contributed by atoms with Gasteiger partial charge < -0.3 is 0 Å². The third-order valence-electron chi connectivity index (χ3n) is 5.69. The summed E-state index contributed by atoms with van der Waals surface area (Å²) in [5, 5.41) is 0. The lowest BCUT2D eigenvalue weighted by Crippen LogP contribution is -2.31. The van der Waals surface area contributed by atoms with Crippen LogP contribution >= 0.6 is 11.8 Å². The Balaban J connectivity index is 1.77. The number of hydrogen-bond donors (Lipinski definition) is 0. The number of alkyl halides is 3. The van der Waals surface area contributed by atoms with Crippen molar-refractivity contribution in [2.45, 2.75) is 16.8 Å². The molecule has 0 N–H and O–H groups in total. The van der Waals surface area contributed by atoms with Crippen molar-refractivity contribution < 1.29 is 13.2 Å². The van der Waals surface area contributed by atoms with E-state index in [-0.39, 0.29) is 5.92 Å². The Kier molecular flexibility index (Phi) is 3.95. The minimum absolute atomic E-state index is 0.168. The van der Waals surface area contributed by atoms with Gasteiger partial charge in [0.15, 0.2) is 0 Å². The molecule has 0 amide bonds. The Morgan fingerprint density at radius 3 is 2.11 bits per heavy atom.